The van der Waals surface area contributed by atoms with Gasteiger partial charge in [-0.15, -0.1) is 0 Å². The Balaban J connectivity index is 2.58. The van der Waals surface area contributed by atoms with Crippen LogP contribution in [0.15, 0.2) is 27.5 Å². The van der Waals surface area contributed by atoms with E-state index in [1.54, 1.807) is 18.2 Å². The summed E-state index contributed by atoms with van der Waals surface area (Å²) in [5.41, 5.74) is 0.583. The number of H-pyrrole nitrogens is 1. The topological polar surface area (TPSA) is 66.0 Å². The van der Waals surface area contributed by atoms with E-state index in [1.165, 1.54) is 0 Å². The molecule has 0 radical (unpaired) electrons. The fourth-order valence-corrected chi connectivity index (χ4v) is 2.20. The molecule has 0 aliphatic rings. The van der Waals surface area contributed by atoms with Crippen LogP contribution >= 0.6 is 27.5 Å². The smallest absolute Gasteiger partial charge is 0.258 e. The van der Waals surface area contributed by atoms with E-state index < -0.39 is 0 Å². The first-order chi connectivity index (χ1) is 8.90. The number of aromatic nitrogens is 2. The van der Waals surface area contributed by atoms with E-state index in [9.17, 15) is 9.90 Å². The van der Waals surface area contributed by atoms with Crippen molar-refractivity contribution < 1.29 is 5.11 Å². The van der Waals surface area contributed by atoms with E-state index in [-0.39, 0.29) is 22.9 Å². The molecule has 19 heavy (non-hydrogen) atoms. The molecule has 0 unspecified atom stereocenters. The van der Waals surface area contributed by atoms with E-state index >= 15 is 0 Å². The lowest BCUT2D eigenvalue weighted by Crippen LogP contribution is -2.16. The molecule has 0 saturated heterocycles. The molecule has 0 atom stereocenters. The Bertz CT molecular complexity index is 683. The van der Waals surface area contributed by atoms with Crippen LogP contribution in [0.3, 0.4) is 0 Å². The van der Waals surface area contributed by atoms with Gasteiger partial charge in [0.1, 0.15) is 5.82 Å². The highest BCUT2D eigenvalue weighted by Gasteiger charge is 2.15. The normalized spacial score (nSPS) is 11.0. The lowest BCUT2D eigenvalue weighted by atomic mass is 10.1. The molecule has 2 N–H and O–H groups in total. The summed E-state index contributed by atoms with van der Waals surface area (Å²) in [4.78, 5) is 18.6. The zero-order valence-corrected chi connectivity index (χ0v) is 12.7. The number of hydrogen-bond acceptors (Lipinski definition) is 3. The van der Waals surface area contributed by atoms with Gasteiger partial charge in [-0.05, 0) is 34.0 Å². The van der Waals surface area contributed by atoms with E-state index in [0.717, 1.165) is 4.47 Å². The maximum absolute atomic E-state index is 11.9. The molecule has 1 aromatic heterocycles. The minimum atomic E-state index is -0.337. The highest BCUT2D eigenvalue weighted by molar-refractivity contribution is 9.10. The number of halogens is 2. The van der Waals surface area contributed by atoms with Crippen LogP contribution in [0.25, 0.3) is 11.4 Å². The van der Waals surface area contributed by atoms with Gasteiger partial charge in [-0.2, -0.15) is 4.98 Å². The third-order valence-electron chi connectivity index (χ3n) is 2.71. The van der Waals surface area contributed by atoms with Crippen molar-refractivity contribution in [1.29, 1.82) is 0 Å². The van der Waals surface area contributed by atoms with Crippen molar-refractivity contribution in [2.45, 2.75) is 19.8 Å². The molecule has 6 heteroatoms. The van der Waals surface area contributed by atoms with E-state index in [2.05, 4.69) is 25.9 Å². The Kier molecular flexibility index (Phi) is 3.96. The molecule has 0 aliphatic carbocycles. The number of aromatic hydroxyl groups is 1. The highest BCUT2D eigenvalue weighted by Crippen LogP contribution is 2.28. The van der Waals surface area contributed by atoms with Gasteiger partial charge in [-0.1, -0.05) is 31.5 Å². The van der Waals surface area contributed by atoms with Crippen LogP contribution < -0.4 is 5.56 Å². The van der Waals surface area contributed by atoms with Crippen molar-refractivity contribution in [1.82, 2.24) is 9.97 Å². The van der Waals surface area contributed by atoms with Crippen LogP contribution in [-0.4, -0.2) is 15.1 Å². The molecule has 0 amide bonds. The molecular formula is C13H12BrClN2O2. The molecule has 1 aromatic carbocycles. The average molecular weight is 344 g/mol. The number of nitrogens with zero attached hydrogens (tertiary/aromatic N) is 1. The summed E-state index contributed by atoms with van der Waals surface area (Å²) in [6.07, 6.45) is 0. The van der Waals surface area contributed by atoms with Gasteiger partial charge in [0.25, 0.3) is 5.56 Å². The first kappa shape index (κ1) is 14.1. The lowest BCUT2D eigenvalue weighted by Gasteiger charge is -2.08. The molecule has 0 spiro atoms. The van der Waals surface area contributed by atoms with Crippen LogP contribution in [0.5, 0.6) is 5.88 Å². The Morgan fingerprint density at radius 3 is 2.63 bits per heavy atom. The molecule has 2 aromatic rings. The first-order valence-electron chi connectivity index (χ1n) is 5.68. The number of nitrogens with one attached hydrogen (secondary N) is 1. The molecule has 0 bridgehead atoms. The van der Waals surface area contributed by atoms with Gasteiger partial charge in [-0.3, -0.25) is 4.79 Å². The van der Waals surface area contributed by atoms with Gasteiger partial charge in [0.2, 0.25) is 5.88 Å². The standard InChI is InChI=1S/C13H12BrClN2O2/c1-6(2)10-12(18)16-11(17-13(10)19)7-3-4-8(14)9(15)5-7/h3-6H,1-2H3,(H2,16,17,18,19). The summed E-state index contributed by atoms with van der Waals surface area (Å²) in [6.45, 7) is 3.64. The third-order valence-corrected chi connectivity index (χ3v) is 3.94. The highest BCUT2D eigenvalue weighted by atomic mass is 79.9. The van der Waals surface area contributed by atoms with Crippen molar-refractivity contribution in [2.75, 3.05) is 0 Å². The van der Waals surface area contributed by atoms with Gasteiger partial charge in [0, 0.05) is 10.0 Å². The molecule has 0 aliphatic heterocycles. The molecule has 0 fully saturated rings. The van der Waals surface area contributed by atoms with E-state index in [1.807, 2.05) is 13.8 Å². The number of aromatic amines is 1. The van der Waals surface area contributed by atoms with Crippen LogP contribution in [-0.2, 0) is 0 Å². The van der Waals surface area contributed by atoms with Crippen LogP contribution in [0, 0.1) is 0 Å². The summed E-state index contributed by atoms with van der Waals surface area (Å²) in [5.74, 6) is -0.0482. The summed E-state index contributed by atoms with van der Waals surface area (Å²) in [5, 5.41) is 10.4. The van der Waals surface area contributed by atoms with E-state index in [0.29, 0.717) is 16.4 Å². The van der Waals surface area contributed by atoms with Crippen molar-refractivity contribution in [3.8, 4) is 17.3 Å². The van der Waals surface area contributed by atoms with Crippen LogP contribution in [0.2, 0.25) is 5.02 Å². The van der Waals surface area contributed by atoms with Gasteiger partial charge in [0.15, 0.2) is 0 Å². The number of benzene rings is 1. The zero-order chi connectivity index (χ0) is 14.2. The van der Waals surface area contributed by atoms with Gasteiger partial charge >= 0.3 is 0 Å². The van der Waals surface area contributed by atoms with Gasteiger partial charge < -0.3 is 10.1 Å². The summed E-state index contributed by atoms with van der Waals surface area (Å²) >= 11 is 9.28. The summed E-state index contributed by atoms with van der Waals surface area (Å²) in [6, 6.07) is 5.17. The Morgan fingerprint density at radius 2 is 2.11 bits per heavy atom. The average Bonchev–Trinajstić information content (AvgIpc) is 2.31. The van der Waals surface area contributed by atoms with Gasteiger partial charge in [0.05, 0.1) is 10.6 Å². The lowest BCUT2D eigenvalue weighted by molar-refractivity contribution is 0.440. The zero-order valence-electron chi connectivity index (χ0n) is 10.4. The Labute approximate surface area is 123 Å². The predicted molar refractivity (Wildman–Crippen MR) is 78.8 cm³/mol. The van der Waals surface area contributed by atoms with Crippen LogP contribution in [0.1, 0.15) is 25.3 Å². The van der Waals surface area contributed by atoms with Gasteiger partial charge in [-0.25, -0.2) is 0 Å². The second-order valence-corrected chi connectivity index (χ2v) is 5.70. The van der Waals surface area contributed by atoms with E-state index in [4.69, 9.17) is 11.6 Å². The van der Waals surface area contributed by atoms with Crippen LogP contribution in [0.4, 0.5) is 0 Å². The molecule has 0 saturated carbocycles. The number of rotatable bonds is 2. The predicted octanol–water partition coefficient (Wildman–Crippen LogP) is 3.68. The van der Waals surface area contributed by atoms with Crippen molar-refractivity contribution >= 4 is 27.5 Å². The molecule has 4 nitrogen and oxygen atoms in total. The SMILES string of the molecule is CC(C)c1c(O)nc(-c2ccc(Br)c(Cl)c2)[nH]c1=O. The molecule has 2 rings (SSSR count). The summed E-state index contributed by atoms with van der Waals surface area (Å²) in [7, 11) is 0. The second kappa shape index (κ2) is 5.35. The minimum Gasteiger partial charge on any atom is -0.493 e. The molecular weight excluding hydrogens is 332 g/mol. The Morgan fingerprint density at radius 1 is 1.42 bits per heavy atom. The summed E-state index contributed by atoms with van der Waals surface area (Å²) < 4.78 is 0.753. The Hall–Kier alpha value is -1.33. The molecule has 1 heterocycles. The fourth-order valence-electron chi connectivity index (χ4n) is 1.77. The fraction of sp³-hybridized carbons (Fsp3) is 0.231. The molecule has 100 valence electrons. The third kappa shape index (κ3) is 2.82. The first-order valence-corrected chi connectivity index (χ1v) is 6.86. The van der Waals surface area contributed by atoms with Crippen molar-refractivity contribution in [3.05, 3.63) is 43.6 Å². The minimum absolute atomic E-state index is 0.0983. The maximum atomic E-state index is 11.9. The largest absolute Gasteiger partial charge is 0.493 e. The second-order valence-electron chi connectivity index (χ2n) is 4.44. The number of hydrogen-bond donors (Lipinski definition) is 2. The van der Waals surface area contributed by atoms with Crippen molar-refractivity contribution in [3.63, 3.8) is 0 Å². The van der Waals surface area contributed by atoms with Crippen molar-refractivity contribution in [2.24, 2.45) is 0 Å². The maximum Gasteiger partial charge on any atom is 0.258 e. The quantitative estimate of drug-likeness (QED) is 0.874. The monoisotopic (exact) mass is 342 g/mol.